The van der Waals surface area contributed by atoms with Crippen molar-refractivity contribution >= 4 is 22.4 Å². The Hall–Kier alpha value is -1.95. The van der Waals surface area contributed by atoms with Crippen molar-refractivity contribution in [2.75, 3.05) is 12.4 Å². The number of benzene rings is 1. The lowest BCUT2D eigenvalue weighted by atomic mass is 10.1. The number of rotatable bonds is 6. The molecular weight excluding hydrogens is 274 g/mol. The van der Waals surface area contributed by atoms with E-state index in [-0.39, 0.29) is 5.91 Å². The molecule has 0 spiro atoms. The van der Waals surface area contributed by atoms with Gasteiger partial charge in [0.25, 0.3) is 0 Å². The molecule has 0 bridgehead atoms. The fourth-order valence-corrected chi connectivity index (χ4v) is 2.37. The van der Waals surface area contributed by atoms with E-state index in [1.165, 1.54) is 11.3 Å². The second kappa shape index (κ2) is 7.00. The van der Waals surface area contributed by atoms with Gasteiger partial charge in [0, 0.05) is 6.42 Å². The van der Waals surface area contributed by atoms with E-state index in [9.17, 15) is 4.79 Å². The van der Waals surface area contributed by atoms with Crippen LogP contribution in [-0.4, -0.2) is 23.2 Å². The number of nitrogens with one attached hydrogen (secondary N) is 1. The summed E-state index contributed by atoms with van der Waals surface area (Å²) in [4.78, 5) is 11.8. The van der Waals surface area contributed by atoms with Gasteiger partial charge in [-0.15, -0.1) is 10.2 Å². The minimum absolute atomic E-state index is 0.0420. The average molecular weight is 291 g/mol. The van der Waals surface area contributed by atoms with Crippen LogP contribution in [0.2, 0.25) is 0 Å². The van der Waals surface area contributed by atoms with E-state index in [4.69, 9.17) is 4.74 Å². The van der Waals surface area contributed by atoms with Crippen LogP contribution in [0.5, 0.6) is 5.75 Å². The van der Waals surface area contributed by atoms with E-state index < -0.39 is 0 Å². The number of aromatic nitrogens is 2. The molecule has 1 N–H and O–H groups in total. The molecule has 1 amide bonds. The molecule has 2 rings (SSSR count). The Kier molecular flexibility index (Phi) is 5.06. The van der Waals surface area contributed by atoms with E-state index in [2.05, 4.69) is 15.5 Å². The number of amides is 1. The molecule has 1 aromatic heterocycles. The average Bonchev–Trinajstić information content (AvgIpc) is 2.93. The van der Waals surface area contributed by atoms with Crippen molar-refractivity contribution in [3.8, 4) is 5.75 Å². The molecule has 20 heavy (non-hydrogen) atoms. The van der Waals surface area contributed by atoms with Crippen molar-refractivity contribution in [3.05, 3.63) is 34.8 Å². The maximum atomic E-state index is 11.8. The van der Waals surface area contributed by atoms with Gasteiger partial charge < -0.3 is 10.1 Å². The van der Waals surface area contributed by atoms with Crippen LogP contribution >= 0.6 is 11.3 Å². The van der Waals surface area contributed by atoms with Crippen LogP contribution in [0.15, 0.2) is 24.3 Å². The summed E-state index contributed by atoms with van der Waals surface area (Å²) in [6.45, 7) is 2.01. The largest absolute Gasteiger partial charge is 0.497 e. The van der Waals surface area contributed by atoms with Crippen molar-refractivity contribution in [2.24, 2.45) is 0 Å². The number of carbonyl (C=O) groups is 1. The zero-order chi connectivity index (χ0) is 14.4. The normalized spacial score (nSPS) is 10.3. The van der Waals surface area contributed by atoms with Gasteiger partial charge in [-0.1, -0.05) is 30.4 Å². The fraction of sp³-hybridized carbons (Fsp3) is 0.357. The maximum Gasteiger partial charge on any atom is 0.226 e. The molecule has 6 heteroatoms. The molecule has 0 saturated carbocycles. The first-order valence-corrected chi connectivity index (χ1v) is 7.28. The van der Waals surface area contributed by atoms with Gasteiger partial charge in [0.05, 0.1) is 7.11 Å². The first-order valence-electron chi connectivity index (χ1n) is 6.46. The summed E-state index contributed by atoms with van der Waals surface area (Å²) in [5.41, 5.74) is 1.10. The van der Waals surface area contributed by atoms with Crippen molar-refractivity contribution in [2.45, 2.75) is 26.2 Å². The summed E-state index contributed by atoms with van der Waals surface area (Å²) < 4.78 is 5.09. The van der Waals surface area contributed by atoms with Crippen LogP contribution < -0.4 is 10.1 Å². The van der Waals surface area contributed by atoms with Crippen LogP contribution in [0, 0.1) is 0 Å². The Balaban J connectivity index is 1.82. The third-order valence-electron chi connectivity index (χ3n) is 2.82. The lowest BCUT2D eigenvalue weighted by Crippen LogP contribution is -2.12. The van der Waals surface area contributed by atoms with Gasteiger partial charge in [0.15, 0.2) is 0 Å². The number of carbonyl (C=O) groups excluding carboxylic acids is 1. The maximum absolute atomic E-state index is 11.8. The number of anilines is 1. The quantitative estimate of drug-likeness (QED) is 0.888. The Labute approximate surface area is 122 Å². The molecule has 0 aliphatic rings. The zero-order valence-corrected chi connectivity index (χ0v) is 12.4. The molecule has 0 unspecified atom stereocenters. The zero-order valence-electron chi connectivity index (χ0n) is 11.5. The summed E-state index contributed by atoms with van der Waals surface area (Å²) in [6, 6.07) is 7.72. The monoisotopic (exact) mass is 291 g/mol. The third-order valence-corrected chi connectivity index (χ3v) is 3.80. The number of hydrogen-bond acceptors (Lipinski definition) is 5. The second-order valence-corrected chi connectivity index (χ2v) is 5.31. The van der Waals surface area contributed by atoms with Gasteiger partial charge in [-0.3, -0.25) is 4.79 Å². The van der Waals surface area contributed by atoms with Gasteiger partial charge in [0.2, 0.25) is 11.0 Å². The minimum atomic E-state index is -0.0420. The van der Waals surface area contributed by atoms with E-state index in [0.29, 0.717) is 18.0 Å². The van der Waals surface area contributed by atoms with Crippen LogP contribution in [0.3, 0.4) is 0 Å². The molecule has 0 aliphatic heterocycles. The van der Waals surface area contributed by atoms with Crippen LogP contribution in [0.1, 0.15) is 23.9 Å². The summed E-state index contributed by atoms with van der Waals surface area (Å²) in [6.07, 6.45) is 1.95. The first-order chi connectivity index (χ1) is 9.71. The Morgan fingerprint density at radius 1 is 1.30 bits per heavy atom. The number of ether oxygens (including phenoxy) is 1. The smallest absolute Gasteiger partial charge is 0.226 e. The van der Waals surface area contributed by atoms with Crippen molar-refractivity contribution in [3.63, 3.8) is 0 Å². The summed E-state index contributed by atoms with van der Waals surface area (Å²) in [5.74, 6) is 0.777. The summed E-state index contributed by atoms with van der Waals surface area (Å²) >= 11 is 1.42. The second-order valence-electron chi connectivity index (χ2n) is 4.25. The van der Waals surface area contributed by atoms with Gasteiger partial charge in [0.1, 0.15) is 10.8 Å². The van der Waals surface area contributed by atoms with Crippen molar-refractivity contribution in [1.82, 2.24) is 10.2 Å². The Bertz CT molecular complexity index is 566. The van der Waals surface area contributed by atoms with Gasteiger partial charge in [-0.2, -0.15) is 0 Å². The molecule has 0 saturated heterocycles. The van der Waals surface area contributed by atoms with Crippen LogP contribution in [0.4, 0.5) is 5.13 Å². The first kappa shape index (κ1) is 14.5. The molecule has 1 heterocycles. The van der Waals surface area contributed by atoms with Crippen molar-refractivity contribution < 1.29 is 9.53 Å². The lowest BCUT2D eigenvalue weighted by Gasteiger charge is -2.03. The number of aryl methyl sites for hydroxylation is 2. The highest BCUT2D eigenvalue weighted by Crippen LogP contribution is 2.16. The fourth-order valence-electron chi connectivity index (χ4n) is 1.68. The number of methoxy groups -OCH3 is 1. The Morgan fingerprint density at radius 2 is 2.05 bits per heavy atom. The van der Waals surface area contributed by atoms with Crippen LogP contribution in [0.25, 0.3) is 0 Å². The lowest BCUT2D eigenvalue weighted by molar-refractivity contribution is -0.116. The molecule has 0 atom stereocenters. The predicted octanol–water partition coefficient (Wildman–Crippen LogP) is 2.68. The molecule has 1 aromatic carbocycles. The predicted molar refractivity (Wildman–Crippen MR) is 79.2 cm³/mol. The molecular formula is C14H17N3O2S. The highest BCUT2D eigenvalue weighted by atomic mass is 32.1. The number of hydrogen-bond donors (Lipinski definition) is 1. The van der Waals surface area contributed by atoms with E-state index in [1.807, 2.05) is 31.2 Å². The molecule has 5 nitrogen and oxygen atoms in total. The molecule has 2 aromatic rings. The molecule has 0 radical (unpaired) electrons. The van der Waals surface area contributed by atoms with Gasteiger partial charge in [-0.25, -0.2) is 0 Å². The molecule has 0 aliphatic carbocycles. The SMILES string of the molecule is CCc1nnc(NC(=O)CCc2ccc(OC)cc2)s1. The highest BCUT2D eigenvalue weighted by molar-refractivity contribution is 7.15. The standard InChI is InChI=1S/C14H17N3O2S/c1-3-13-16-17-14(20-13)15-12(18)9-6-10-4-7-11(19-2)8-5-10/h4-5,7-8H,3,6,9H2,1-2H3,(H,15,17,18). The van der Waals surface area contributed by atoms with Gasteiger partial charge >= 0.3 is 0 Å². The van der Waals surface area contributed by atoms with E-state index in [1.54, 1.807) is 7.11 Å². The van der Waals surface area contributed by atoms with E-state index in [0.717, 1.165) is 22.7 Å². The summed E-state index contributed by atoms with van der Waals surface area (Å²) in [5, 5.41) is 12.2. The van der Waals surface area contributed by atoms with Crippen LogP contribution in [-0.2, 0) is 17.6 Å². The highest BCUT2D eigenvalue weighted by Gasteiger charge is 2.07. The van der Waals surface area contributed by atoms with Gasteiger partial charge in [-0.05, 0) is 30.5 Å². The molecule has 106 valence electrons. The van der Waals surface area contributed by atoms with Crippen molar-refractivity contribution in [1.29, 1.82) is 0 Å². The third kappa shape index (κ3) is 4.03. The molecule has 0 fully saturated rings. The number of nitrogens with zero attached hydrogens (tertiary/aromatic N) is 2. The van der Waals surface area contributed by atoms with E-state index >= 15 is 0 Å². The summed E-state index contributed by atoms with van der Waals surface area (Å²) in [7, 11) is 1.63. The minimum Gasteiger partial charge on any atom is -0.497 e. The topological polar surface area (TPSA) is 64.1 Å². The Morgan fingerprint density at radius 3 is 2.65 bits per heavy atom.